The molecule has 1 amide bonds. The van der Waals surface area contributed by atoms with Crippen LogP contribution in [0, 0.1) is 0 Å². The Morgan fingerprint density at radius 3 is 2.65 bits per heavy atom. The van der Waals surface area contributed by atoms with E-state index in [1.54, 1.807) is 12.1 Å². The molecule has 0 spiro atoms. The Labute approximate surface area is 136 Å². The maximum absolute atomic E-state index is 10.9. The second-order valence-corrected chi connectivity index (χ2v) is 4.28. The van der Waals surface area contributed by atoms with Crippen molar-refractivity contribution in [3.63, 3.8) is 0 Å². The van der Waals surface area contributed by atoms with Crippen LogP contribution in [0.15, 0.2) is 21.5 Å². The van der Waals surface area contributed by atoms with Crippen LogP contribution in [0.5, 0.6) is 0 Å². The molecule has 1 unspecified atom stereocenters. The van der Waals surface area contributed by atoms with Gasteiger partial charge in [-0.05, 0) is 32.4 Å². The van der Waals surface area contributed by atoms with Gasteiger partial charge in [-0.1, -0.05) is 6.92 Å². The van der Waals surface area contributed by atoms with Crippen molar-refractivity contribution in [1.82, 2.24) is 10.6 Å². The van der Waals surface area contributed by atoms with Gasteiger partial charge in [0, 0.05) is 12.6 Å². The summed E-state index contributed by atoms with van der Waals surface area (Å²) in [4.78, 5) is 15.3. The molecule has 0 bridgehead atoms. The molecule has 1 rings (SSSR count). The summed E-state index contributed by atoms with van der Waals surface area (Å²) in [5.74, 6) is 0.925. The third-order valence-corrected chi connectivity index (χ3v) is 2.64. The van der Waals surface area contributed by atoms with Gasteiger partial charge < -0.3 is 20.8 Å². The van der Waals surface area contributed by atoms with Gasteiger partial charge in [-0.2, -0.15) is 0 Å². The zero-order valence-corrected chi connectivity index (χ0v) is 14.4. The normalized spacial score (nSPS) is 12.4. The van der Waals surface area contributed by atoms with E-state index < -0.39 is 5.91 Å². The van der Waals surface area contributed by atoms with Crippen LogP contribution in [0.4, 0.5) is 0 Å². The van der Waals surface area contributed by atoms with Crippen LogP contribution in [0.2, 0.25) is 0 Å². The van der Waals surface area contributed by atoms with Crippen LogP contribution in [0.25, 0.3) is 0 Å². The summed E-state index contributed by atoms with van der Waals surface area (Å²) < 4.78 is 5.27. The number of nitrogens with zero attached hydrogens (tertiary/aromatic N) is 1. The molecule has 1 atom stereocenters. The summed E-state index contributed by atoms with van der Waals surface area (Å²) in [6, 6.07) is 3.61. The molecule has 20 heavy (non-hydrogen) atoms. The molecule has 0 aliphatic carbocycles. The summed E-state index contributed by atoms with van der Waals surface area (Å²) in [6.07, 6.45) is 1.01. The van der Waals surface area contributed by atoms with Gasteiger partial charge in [0.25, 0.3) is 5.91 Å². The van der Waals surface area contributed by atoms with Crippen LogP contribution in [0.3, 0.4) is 0 Å². The van der Waals surface area contributed by atoms with Crippen molar-refractivity contribution in [2.24, 2.45) is 10.7 Å². The Bertz CT molecular complexity index is 445. The Hall–Kier alpha value is -1.25. The van der Waals surface area contributed by atoms with E-state index >= 15 is 0 Å². The van der Waals surface area contributed by atoms with Gasteiger partial charge in [-0.25, -0.2) is 4.99 Å². The molecule has 0 aliphatic heterocycles. The highest BCUT2D eigenvalue weighted by Crippen LogP contribution is 2.08. The molecule has 7 heteroatoms. The summed E-state index contributed by atoms with van der Waals surface area (Å²) in [6.45, 7) is 7.34. The molecule has 6 nitrogen and oxygen atoms in total. The number of carbonyl (C=O) groups is 1. The maximum atomic E-state index is 10.9. The molecular formula is C13H23IN4O2. The molecule has 0 fully saturated rings. The van der Waals surface area contributed by atoms with E-state index in [1.165, 1.54) is 0 Å². The second-order valence-electron chi connectivity index (χ2n) is 4.28. The van der Waals surface area contributed by atoms with Crippen molar-refractivity contribution in [2.45, 2.75) is 39.8 Å². The molecule has 0 saturated carbocycles. The van der Waals surface area contributed by atoms with Crippen molar-refractivity contribution in [3.8, 4) is 0 Å². The van der Waals surface area contributed by atoms with Gasteiger partial charge in [0.2, 0.25) is 0 Å². The number of rotatable bonds is 6. The topological polar surface area (TPSA) is 92.6 Å². The molecule has 1 aromatic heterocycles. The number of halogens is 1. The lowest BCUT2D eigenvalue weighted by atomic mass is 10.3. The Morgan fingerprint density at radius 2 is 2.15 bits per heavy atom. The van der Waals surface area contributed by atoms with E-state index in [4.69, 9.17) is 10.2 Å². The van der Waals surface area contributed by atoms with E-state index in [0.717, 1.165) is 18.9 Å². The highest BCUT2D eigenvalue weighted by Gasteiger charge is 2.07. The minimum atomic E-state index is -0.570. The van der Waals surface area contributed by atoms with Gasteiger partial charge in [0.05, 0.1) is 0 Å². The fourth-order valence-electron chi connectivity index (χ4n) is 1.41. The molecule has 0 saturated heterocycles. The van der Waals surface area contributed by atoms with Crippen LogP contribution < -0.4 is 16.4 Å². The number of amides is 1. The average Bonchev–Trinajstić information content (AvgIpc) is 2.85. The van der Waals surface area contributed by atoms with E-state index in [0.29, 0.717) is 18.3 Å². The minimum Gasteiger partial charge on any atom is -0.454 e. The van der Waals surface area contributed by atoms with E-state index in [2.05, 4.69) is 29.5 Å². The third kappa shape index (κ3) is 6.27. The summed E-state index contributed by atoms with van der Waals surface area (Å²) in [5, 5.41) is 6.43. The number of carbonyl (C=O) groups excluding carboxylic acids is 1. The highest BCUT2D eigenvalue weighted by molar-refractivity contribution is 14.0. The first-order valence-corrected chi connectivity index (χ1v) is 6.50. The van der Waals surface area contributed by atoms with Crippen molar-refractivity contribution in [1.29, 1.82) is 0 Å². The van der Waals surface area contributed by atoms with E-state index in [1.807, 2.05) is 6.92 Å². The van der Waals surface area contributed by atoms with Gasteiger partial charge in [-0.15, -0.1) is 24.0 Å². The fourth-order valence-corrected chi connectivity index (χ4v) is 1.41. The van der Waals surface area contributed by atoms with Crippen LogP contribution >= 0.6 is 24.0 Å². The molecular weight excluding hydrogens is 371 g/mol. The van der Waals surface area contributed by atoms with Crippen LogP contribution in [-0.4, -0.2) is 24.5 Å². The van der Waals surface area contributed by atoms with Gasteiger partial charge in [0.1, 0.15) is 12.3 Å². The largest absolute Gasteiger partial charge is 0.454 e. The zero-order valence-electron chi connectivity index (χ0n) is 12.1. The Balaban J connectivity index is 0.00000361. The number of guanidine groups is 1. The zero-order chi connectivity index (χ0) is 14.3. The van der Waals surface area contributed by atoms with Gasteiger partial charge in [-0.3, -0.25) is 4.79 Å². The molecule has 4 N–H and O–H groups in total. The van der Waals surface area contributed by atoms with Crippen LogP contribution in [-0.2, 0) is 6.54 Å². The van der Waals surface area contributed by atoms with Crippen molar-refractivity contribution >= 4 is 35.8 Å². The minimum absolute atomic E-state index is 0. The standard InChI is InChI=1S/C13H22N4O2.HI/c1-4-9(3)17-13(15-5-2)16-8-10-6-7-11(19-10)12(14)18;/h6-7,9H,4-5,8H2,1-3H3,(H2,14,18)(H2,15,16,17);1H. The Kier molecular flexibility index (Phi) is 9.02. The van der Waals surface area contributed by atoms with Crippen molar-refractivity contribution < 1.29 is 9.21 Å². The number of aliphatic imine (C=N–C) groups is 1. The average molecular weight is 394 g/mol. The maximum Gasteiger partial charge on any atom is 0.284 e. The lowest BCUT2D eigenvalue weighted by Gasteiger charge is -2.15. The van der Waals surface area contributed by atoms with Gasteiger partial charge >= 0.3 is 0 Å². The third-order valence-electron chi connectivity index (χ3n) is 2.64. The molecule has 0 aliphatic rings. The quantitative estimate of drug-likeness (QED) is 0.390. The molecule has 1 heterocycles. The second kappa shape index (κ2) is 9.62. The van der Waals surface area contributed by atoms with E-state index in [9.17, 15) is 4.79 Å². The SMILES string of the molecule is CCNC(=NCc1ccc(C(N)=O)o1)NC(C)CC.I. The smallest absolute Gasteiger partial charge is 0.284 e. The summed E-state index contributed by atoms with van der Waals surface area (Å²) >= 11 is 0. The number of hydrogen-bond donors (Lipinski definition) is 3. The fraction of sp³-hybridized carbons (Fsp3) is 0.538. The first kappa shape index (κ1) is 18.8. The van der Waals surface area contributed by atoms with E-state index in [-0.39, 0.29) is 29.7 Å². The number of nitrogens with two attached hydrogens (primary N) is 1. The predicted molar refractivity (Wildman–Crippen MR) is 90.3 cm³/mol. The molecule has 1 aromatic rings. The molecule has 114 valence electrons. The highest BCUT2D eigenvalue weighted by atomic mass is 127. The number of furan rings is 1. The summed E-state index contributed by atoms with van der Waals surface area (Å²) in [7, 11) is 0. The molecule has 0 radical (unpaired) electrons. The summed E-state index contributed by atoms with van der Waals surface area (Å²) in [5.41, 5.74) is 5.12. The van der Waals surface area contributed by atoms with Crippen molar-refractivity contribution in [2.75, 3.05) is 6.54 Å². The monoisotopic (exact) mass is 394 g/mol. The van der Waals surface area contributed by atoms with Crippen LogP contribution in [0.1, 0.15) is 43.5 Å². The van der Waals surface area contributed by atoms with Crippen molar-refractivity contribution in [3.05, 3.63) is 23.7 Å². The van der Waals surface area contributed by atoms with Gasteiger partial charge in [0.15, 0.2) is 11.7 Å². The lowest BCUT2D eigenvalue weighted by Crippen LogP contribution is -2.41. The number of hydrogen-bond acceptors (Lipinski definition) is 3. The molecule has 0 aromatic carbocycles. The first-order chi connectivity index (χ1) is 9.06. The predicted octanol–water partition coefficient (Wildman–Crippen LogP) is 1.85. The lowest BCUT2D eigenvalue weighted by molar-refractivity contribution is 0.0972. The Morgan fingerprint density at radius 1 is 1.45 bits per heavy atom. The number of nitrogens with one attached hydrogen (secondary N) is 2. The number of primary amides is 1. The first-order valence-electron chi connectivity index (χ1n) is 6.50.